The molecule has 0 amide bonds. The number of nitrogen functional groups attached to an aromatic ring is 1. The number of likely N-dealkylation sites (N-methyl/N-ethyl adjacent to an activating group) is 1. The minimum absolute atomic E-state index is 0.714. The highest BCUT2D eigenvalue weighted by Gasteiger charge is 2.24. The molecule has 128 valence electrons. The third kappa shape index (κ3) is 4.30. The summed E-state index contributed by atoms with van der Waals surface area (Å²) in [5, 5.41) is 0. The van der Waals surface area contributed by atoms with Crippen LogP contribution in [0, 0.1) is 0 Å². The molecule has 5 heteroatoms. The maximum absolute atomic E-state index is 5.92. The van der Waals surface area contributed by atoms with Crippen LogP contribution in [-0.2, 0) is 4.74 Å². The van der Waals surface area contributed by atoms with Crippen molar-refractivity contribution < 1.29 is 14.0 Å². The normalized spacial score (nSPS) is 20.0. The molecule has 1 aromatic carbocycles. The van der Waals surface area contributed by atoms with E-state index in [1.165, 1.54) is 36.8 Å². The van der Waals surface area contributed by atoms with Crippen LogP contribution in [0.5, 0.6) is 5.75 Å². The molecule has 0 bridgehead atoms. The number of hydrogen-bond donors (Lipinski definition) is 1. The highest BCUT2D eigenvalue weighted by Crippen LogP contribution is 2.32. The van der Waals surface area contributed by atoms with Gasteiger partial charge < -0.3 is 24.6 Å². The van der Waals surface area contributed by atoms with Crippen LogP contribution in [0.1, 0.15) is 19.3 Å². The lowest BCUT2D eigenvalue weighted by molar-refractivity contribution is -0.914. The summed E-state index contributed by atoms with van der Waals surface area (Å²) < 4.78 is 12.8. The lowest BCUT2D eigenvalue weighted by atomic mass is 10.1. The van der Waals surface area contributed by atoms with Crippen LogP contribution in [0.4, 0.5) is 11.4 Å². The molecular formula is C18H30N3O2+. The van der Waals surface area contributed by atoms with Gasteiger partial charge in [0.1, 0.15) is 18.9 Å². The van der Waals surface area contributed by atoms with Gasteiger partial charge in [-0.15, -0.1) is 0 Å². The number of ether oxygens (including phenoxy) is 2. The van der Waals surface area contributed by atoms with Crippen LogP contribution < -0.4 is 15.4 Å². The molecule has 1 saturated heterocycles. The van der Waals surface area contributed by atoms with Crippen molar-refractivity contribution in [3.05, 3.63) is 18.2 Å². The van der Waals surface area contributed by atoms with Gasteiger partial charge in [0.05, 0.1) is 45.6 Å². The van der Waals surface area contributed by atoms with Crippen LogP contribution in [0.25, 0.3) is 0 Å². The molecule has 23 heavy (non-hydrogen) atoms. The molecule has 0 spiro atoms. The Labute approximate surface area is 139 Å². The monoisotopic (exact) mass is 320 g/mol. The number of anilines is 2. The zero-order chi connectivity index (χ0) is 16.1. The fourth-order valence-corrected chi connectivity index (χ4v) is 3.59. The number of nitrogens with two attached hydrogens (primary N) is 1. The standard InChI is InChI=1S/C18H30N3O2/c1-21(9-3-2-4-10-21)11-14-22-12-7-20-8-13-23-18-15-16(19)5-6-17(18)20/h5-6,15H,2-4,7-14,19H2,1H3/q+1. The molecule has 2 N–H and O–H groups in total. The molecule has 0 atom stereocenters. The Kier molecular flexibility index (Phi) is 5.28. The van der Waals surface area contributed by atoms with Gasteiger partial charge in [-0.3, -0.25) is 0 Å². The number of nitrogens with zero attached hydrogens (tertiary/aromatic N) is 2. The average molecular weight is 320 g/mol. The smallest absolute Gasteiger partial charge is 0.144 e. The number of hydrogen-bond acceptors (Lipinski definition) is 4. The predicted octanol–water partition coefficient (Wildman–Crippen LogP) is 2.11. The van der Waals surface area contributed by atoms with Crippen LogP contribution in [0.3, 0.4) is 0 Å². The zero-order valence-corrected chi connectivity index (χ0v) is 14.3. The molecule has 2 aliphatic heterocycles. The van der Waals surface area contributed by atoms with E-state index in [2.05, 4.69) is 11.9 Å². The summed E-state index contributed by atoms with van der Waals surface area (Å²) in [5.74, 6) is 0.891. The summed E-state index contributed by atoms with van der Waals surface area (Å²) >= 11 is 0. The summed E-state index contributed by atoms with van der Waals surface area (Å²) in [6.45, 7) is 7.90. The van der Waals surface area contributed by atoms with Gasteiger partial charge in [-0.25, -0.2) is 0 Å². The molecule has 0 aromatic heterocycles. The first-order valence-electron chi connectivity index (χ1n) is 8.85. The van der Waals surface area contributed by atoms with Crippen LogP contribution in [-0.4, -0.2) is 64.1 Å². The number of likely N-dealkylation sites (tertiary alicyclic amines) is 1. The van der Waals surface area contributed by atoms with Gasteiger partial charge >= 0.3 is 0 Å². The largest absolute Gasteiger partial charge is 0.489 e. The van der Waals surface area contributed by atoms with Crippen LogP contribution >= 0.6 is 0 Å². The van der Waals surface area contributed by atoms with Crippen molar-refractivity contribution in [1.29, 1.82) is 0 Å². The fourth-order valence-electron chi connectivity index (χ4n) is 3.59. The van der Waals surface area contributed by atoms with Gasteiger partial charge in [-0.1, -0.05) is 0 Å². The van der Waals surface area contributed by atoms with Gasteiger partial charge in [-0.2, -0.15) is 0 Å². The maximum atomic E-state index is 5.92. The first-order chi connectivity index (χ1) is 11.2. The van der Waals surface area contributed by atoms with Gasteiger partial charge in [0.2, 0.25) is 0 Å². The molecule has 1 aromatic rings. The maximum Gasteiger partial charge on any atom is 0.144 e. The Morgan fingerprint density at radius 1 is 1.22 bits per heavy atom. The number of piperidine rings is 1. The Balaban J connectivity index is 1.41. The summed E-state index contributed by atoms with van der Waals surface area (Å²) in [6.07, 6.45) is 4.13. The van der Waals surface area contributed by atoms with Gasteiger partial charge in [0, 0.05) is 18.3 Å². The summed E-state index contributed by atoms with van der Waals surface area (Å²) in [5.41, 5.74) is 7.70. The van der Waals surface area contributed by atoms with Crippen LogP contribution in [0.2, 0.25) is 0 Å². The van der Waals surface area contributed by atoms with Gasteiger partial charge in [0.25, 0.3) is 0 Å². The van der Waals surface area contributed by atoms with Crippen molar-refractivity contribution in [3.8, 4) is 5.75 Å². The summed E-state index contributed by atoms with van der Waals surface area (Å²) in [7, 11) is 2.37. The molecule has 3 rings (SSSR count). The average Bonchev–Trinajstić information content (AvgIpc) is 2.55. The predicted molar refractivity (Wildman–Crippen MR) is 94.0 cm³/mol. The minimum atomic E-state index is 0.714. The van der Waals surface area contributed by atoms with E-state index in [1.54, 1.807) is 0 Å². The Hall–Kier alpha value is -1.46. The third-order valence-corrected chi connectivity index (χ3v) is 5.12. The van der Waals surface area contributed by atoms with Crippen molar-refractivity contribution in [3.63, 3.8) is 0 Å². The number of rotatable bonds is 6. The number of fused-ring (bicyclic) bond motifs is 1. The second-order valence-corrected chi connectivity index (χ2v) is 7.03. The van der Waals surface area contributed by atoms with E-state index >= 15 is 0 Å². The molecule has 0 radical (unpaired) electrons. The fraction of sp³-hybridized carbons (Fsp3) is 0.667. The van der Waals surface area contributed by atoms with Crippen molar-refractivity contribution in [1.82, 2.24) is 0 Å². The number of benzene rings is 1. The van der Waals surface area contributed by atoms with E-state index in [1.807, 2.05) is 18.2 Å². The van der Waals surface area contributed by atoms with E-state index in [0.29, 0.717) is 6.61 Å². The number of quaternary nitrogens is 1. The third-order valence-electron chi connectivity index (χ3n) is 5.12. The Morgan fingerprint density at radius 2 is 2.04 bits per heavy atom. The van der Waals surface area contributed by atoms with E-state index in [-0.39, 0.29) is 0 Å². The van der Waals surface area contributed by atoms with Crippen LogP contribution in [0.15, 0.2) is 18.2 Å². The van der Waals surface area contributed by atoms with E-state index < -0.39 is 0 Å². The molecular weight excluding hydrogens is 290 g/mol. The molecule has 1 fully saturated rings. The zero-order valence-electron chi connectivity index (χ0n) is 14.3. The quantitative estimate of drug-likeness (QED) is 0.495. The van der Waals surface area contributed by atoms with E-state index in [9.17, 15) is 0 Å². The topological polar surface area (TPSA) is 47.7 Å². The lowest BCUT2D eigenvalue weighted by Gasteiger charge is -2.37. The molecule has 5 nitrogen and oxygen atoms in total. The lowest BCUT2D eigenvalue weighted by Crippen LogP contribution is -2.49. The highest BCUT2D eigenvalue weighted by atomic mass is 16.5. The van der Waals surface area contributed by atoms with Gasteiger partial charge in [0.15, 0.2) is 0 Å². The molecule has 0 aliphatic carbocycles. The first-order valence-corrected chi connectivity index (χ1v) is 8.85. The first kappa shape index (κ1) is 16.4. The summed E-state index contributed by atoms with van der Waals surface area (Å²) in [4.78, 5) is 2.33. The van der Waals surface area contributed by atoms with Crippen molar-refractivity contribution in [2.45, 2.75) is 19.3 Å². The van der Waals surface area contributed by atoms with Crippen molar-refractivity contribution in [2.24, 2.45) is 0 Å². The summed E-state index contributed by atoms with van der Waals surface area (Å²) in [6, 6.07) is 5.89. The van der Waals surface area contributed by atoms with Crippen molar-refractivity contribution in [2.75, 3.05) is 70.2 Å². The minimum Gasteiger partial charge on any atom is -0.489 e. The molecule has 0 unspecified atom stereocenters. The van der Waals surface area contributed by atoms with E-state index in [0.717, 1.165) is 50.0 Å². The molecule has 2 heterocycles. The van der Waals surface area contributed by atoms with Gasteiger partial charge in [-0.05, 0) is 31.4 Å². The second-order valence-electron chi connectivity index (χ2n) is 7.03. The highest BCUT2D eigenvalue weighted by molar-refractivity contribution is 5.65. The second kappa shape index (κ2) is 7.41. The Bertz CT molecular complexity index is 515. The molecule has 2 aliphatic rings. The van der Waals surface area contributed by atoms with Crippen molar-refractivity contribution >= 4 is 11.4 Å². The Morgan fingerprint density at radius 3 is 2.87 bits per heavy atom. The van der Waals surface area contributed by atoms with E-state index in [4.69, 9.17) is 15.2 Å². The molecule has 0 saturated carbocycles. The SMILES string of the molecule is C[N+]1(CCOCCN2CCOc3cc(N)ccc32)CCCCC1.